The first-order valence-corrected chi connectivity index (χ1v) is 6.75. The number of carbonyl (C=O) groups is 1. The SMILES string of the molecule is Cc1nc(C)c(CCNc2cccc(C(=O)O)n2)s1. The van der Waals surface area contributed by atoms with Crippen molar-refractivity contribution in [1.82, 2.24) is 9.97 Å². The molecule has 0 aliphatic heterocycles. The van der Waals surface area contributed by atoms with Gasteiger partial charge in [0.1, 0.15) is 5.82 Å². The summed E-state index contributed by atoms with van der Waals surface area (Å²) in [5, 5.41) is 13.1. The predicted molar refractivity (Wildman–Crippen MR) is 75.0 cm³/mol. The number of hydrogen-bond acceptors (Lipinski definition) is 5. The molecule has 2 aromatic rings. The van der Waals surface area contributed by atoms with Gasteiger partial charge in [-0.05, 0) is 26.0 Å². The van der Waals surface area contributed by atoms with Gasteiger partial charge in [0, 0.05) is 17.8 Å². The highest BCUT2D eigenvalue weighted by Crippen LogP contribution is 2.17. The number of rotatable bonds is 5. The molecule has 100 valence electrons. The van der Waals surface area contributed by atoms with E-state index < -0.39 is 5.97 Å². The van der Waals surface area contributed by atoms with Crippen LogP contribution in [0.3, 0.4) is 0 Å². The summed E-state index contributed by atoms with van der Waals surface area (Å²) in [6.45, 7) is 4.70. The lowest BCUT2D eigenvalue weighted by Crippen LogP contribution is -2.08. The Bertz CT molecular complexity index is 595. The molecule has 0 fully saturated rings. The molecule has 0 bridgehead atoms. The first-order valence-electron chi connectivity index (χ1n) is 5.93. The van der Waals surface area contributed by atoms with Crippen molar-refractivity contribution in [2.24, 2.45) is 0 Å². The second-order valence-electron chi connectivity index (χ2n) is 4.13. The van der Waals surface area contributed by atoms with Crippen molar-refractivity contribution in [2.45, 2.75) is 20.3 Å². The zero-order chi connectivity index (χ0) is 13.8. The van der Waals surface area contributed by atoms with Crippen molar-refractivity contribution in [1.29, 1.82) is 0 Å². The van der Waals surface area contributed by atoms with Crippen LogP contribution in [0.15, 0.2) is 18.2 Å². The van der Waals surface area contributed by atoms with Crippen LogP contribution < -0.4 is 5.32 Å². The molecule has 2 N–H and O–H groups in total. The summed E-state index contributed by atoms with van der Waals surface area (Å²) in [7, 11) is 0. The topological polar surface area (TPSA) is 75.1 Å². The van der Waals surface area contributed by atoms with Crippen molar-refractivity contribution in [3.8, 4) is 0 Å². The van der Waals surface area contributed by atoms with Gasteiger partial charge in [0.25, 0.3) is 0 Å². The highest BCUT2D eigenvalue weighted by atomic mass is 32.1. The summed E-state index contributed by atoms with van der Waals surface area (Å²) in [5.41, 5.74) is 1.12. The van der Waals surface area contributed by atoms with Gasteiger partial charge in [-0.2, -0.15) is 0 Å². The number of nitrogens with one attached hydrogen (secondary N) is 1. The molecule has 2 heterocycles. The minimum atomic E-state index is -1.02. The molecule has 0 radical (unpaired) electrons. The first-order chi connectivity index (χ1) is 9.06. The van der Waals surface area contributed by atoms with Gasteiger partial charge in [0.2, 0.25) is 0 Å². The average Bonchev–Trinajstić information content (AvgIpc) is 2.68. The molecule has 6 heteroatoms. The second-order valence-corrected chi connectivity index (χ2v) is 5.42. The van der Waals surface area contributed by atoms with E-state index in [-0.39, 0.29) is 5.69 Å². The maximum atomic E-state index is 10.8. The Morgan fingerprint density at radius 1 is 1.37 bits per heavy atom. The van der Waals surface area contributed by atoms with Crippen LogP contribution in [0.2, 0.25) is 0 Å². The molecular weight excluding hydrogens is 262 g/mol. The number of thiazole rings is 1. The van der Waals surface area contributed by atoms with Crippen LogP contribution in [0.1, 0.15) is 26.1 Å². The Morgan fingerprint density at radius 3 is 2.79 bits per heavy atom. The zero-order valence-electron chi connectivity index (χ0n) is 10.8. The Labute approximate surface area is 115 Å². The number of carboxylic acid groups (broad SMARTS) is 1. The molecule has 0 amide bonds. The zero-order valence-corrected chi connectivity index (χ0v) is 11.6. The fourth-order valence-electron chi connectivity index (χ4n) is 1.76. The van der Waals surface area contributed by atoms with E-state index in [1.54, 1.807) is 23.5 Å². The first kappa shape index (κ1) is 13.5. The molecular formula is C13H15N3O2S. The molecule has 0 aromatic carbocycles. The lowest BCUT2D eigenvalue weighted by Gasteiger charge is -2.05. The Hall–Kier alpha value is -1.95. The Balaban J connectivity index is 1.94. The van der Waals surface area contributed by atoms with Crippen LogP contribution >= 0.6 is 11.3 Å². The normalized spacial score (nSPS) is 10.4. The maximum absolute atomic E-state index is 10.8. The summed E-state index contributed by atoms with van der Waals surface area (Å²) in [5.74, 6) is -0.434. The molecule has 19 heavy (non-hydrogen) atoms. The summed E-state index contributed by atoms with van der Waals surface area (Å²) < 4.78 is 0. The van der Waals surface area contributed by atoms with Crippen molar-refractivity contribution < 1.29 is 9.90 Å². The predicted octanol–water partition coefficient (Wildman–Crippen LogP) is 2.51. The Kier molecular flexibility index (Phi) is 4.11. The third kappa shape index (κ3) is 3.51. The van der Waals surface area contributed by atoms with Gasteiger partial charge in [-0.3, -0.25) is 0 Å². The van der Waals surface area contributed by atoms with E-state index in [1.165, 1.54) is 10.9 Å². The molecule has 0 saturated heterocycles. The second kappa shape index (κ2) is 5.79. The summed E-state index contributed by atoms with van der Waals surface area (Å²) in [6, 6.07) is 4.92. The van der Waals surface area contributed by atoms with Gasteiger partial charge in [0.15, 0.2) is 5.69 Å². The number of aromatic nitrogens is 2. The number of pyridine rings is 1. The maximum Gasteiger partial charge on any atom is 0.354 e. The van der Waals surface area contributed by atoms with Gasteiger partial charge in [-0.15, -0.1) is 11.3 Å². The van der Waals surface area contributed by atoms with Gasteiger partial charge < -0.3 is 10.4 Å². The van der Waals surface area contributed by atoms with Crippen molar-refractivity contribution in [3.05, 3.63) is 39.5 Å². The third-order valence-electron chi connectivity index (χ3n) is 2.63. The molecule has 0 spiro atoms. The van der Waals surface area contributed by atoms with E-state index in [0.717, 1.165) is 17.1 Å². The molecule has 0 saturated carbocycles. The standard InChI is InChI=1S/C13H15N3O2S/c1-8-11(19-9(2)15-8)6-7-14-12-5-3-4-10(16-12)13(17)18/h3-5H,6-7H2,1-2H3,(H,14,16)(H,17,18). The van der Waals surface area contributed by atoms with E-state index >= 15 is 0 Å². The highest BCUT2D eigenvalue weighted by molar-refractivity contribution is 7.11. The van der Waals surface area contributed by atoms with E-state index in [0.29, 0.717) is 12.4 Å². The molecule has 5 nitrogen and oxygen atoms in total. The van der Waals surface area contributed by atoms with E-state index in [2.05, 4.69) is 15.3 Å². The van der Waals surface area contributed by atoms with Crippen LogP contribution in [0.25, 0.3) is 0 Å². The summed E-state index contributed by atoms with van der Waals surface area (Å²) in [4.78, 5) is 20.4. The fraction of sp³-hybridized carbons (Fsp3) is 0.308. The fourth-order valence-corrected chi connectivity index (χ4v) is 2.70. The van der Waals surface area contributed by atoms with Crippen molar-refractivity contribution in [3.63, 3.8) is 0 Å². The highest BCUT2D eigenvalue weighted by Gasteiger charge is 2.06. The Morgan fingerprint density at radius 2 is 2.16 bits per heavy atom. The van der Waals surface area contributed by atoms with Crippen LogP contribution in [-0.4, -0.2) is 27.6 Å². The van der Waals surface area contributed by atoms with E-state index in [4.69, 9.17) is 5.11 Å². The largest absolute Gasteiger partial charge is 0.477 e. The van der Waals surface area contributed by atoms with Crippen LogP contribution in [0.5, 0.6) is 0 Å². The quantitative estimate of drug-likeness (QED) is 0.878. The monoisotopic (exact) mass is 277 g/mol. The lowest BCUT2D eigenvalue weighted by molar-refractivity contribution is 0.0690. The number of aromatic carboxylic acids is 1. The molecule has 2 rings (SSSR count). The molecule has 0 unspecified atom stereocenters. The van der Waals surface area contributed by atoms with Gasteiger partial charge in [-0.1, -0.05) is 6.07 Å². The van der Waals surface area contributed by atoms with Crippen molar-refractivity contribution >= 4 is 23.1 Å². The van der Waals surface area contributed by atoms with Crippen LogP contribution in [0.4, 0.5) is 5.82 Å². The molecule has 0 aliphatic rings. The lowest BCUT2D eigenvalue weighted by atomic mass is 10.3. The molecule has 0 aliphatic carbocycles. The van der Waals surface area contributed by atoms with Crippen LogP contribution in [0, 0.1) is 13.8 Å². The minimum absolute atomic E-state index is 0.0508. The van der Waals surface area contributed by atoms with Gasteiger partial charge in [0.05, 0.1) is 10.7 Å². The summed E-state index contributed by atoms with van der Waals surface area (Å²) in [6.07, 6.45) is 0.857. The van der Waals surface area contributed by atoms with E-state index in [9.17, 15) is 4.79 Å². The minimum Gasteiger partial charge on any atom is -0.477 e. The van der Waals surface area contributed by atoms with Crippen molar-refractivity contribution in [2.75, 3.05) is 11.9 Å². The average molecular weight is 277 g/mol. The summed E-state index contributed by atoms with van der Waals surface area (Å²) >= 11 is 1.69. The number of carboxylic acids is 1. The van der Waals surface area contributed by atoms with Crippen LogP contribution in [-0.2, 0) is 6.42 Å². The molecule has 0 atom stereocenters. The number of hydrogen-bond donors (Lipinski definition) is 2. The van der Waals surface area contributed by atoms with E-state index in [1.807, 2.05) is 13.8 Å². The number of nitrogens with zero attached hydrogens (tertiary/aromatic N) is 2. The molecule has 2 aromatic heterocycles. The van der Waals surface area contributed by atoms with Gasteiger partial charge in [-0.25, -0.2) is 14.8 Å². The smallest absolute Gasteiger partial charge is 0.354 e. The van der Waals surface area contributed by atoms with Gasteiger partial charge >= 0.3 is 5.97 Å². The third-order valence-corrected chi connectivity index (χ3v) is 3.76. The number of anilines is 1. The number of aryl methyl sites for hydroxylation is 2.